The smallest absolute Gasteiger partial charge is 0.272 e. The third kappa shape index (κ3) is 2.87. The summed E-state index contributed by atoms with van der Waals surface area (Å²) in [4.78, 5) is 18.0. The van der Waals surface area contributed by atoms with Gasteiger partial charge in [-0.05, 0) is 24.1 Å². The second kappa shape index (κ2) is 5.64. The molecule has 0 aromatic carbocycles. The summed E-state index contributed by atoms with van der Waals surface area (Å²) in [6.07, 6.45) is 4.40. The largest absolute Gasteiger partial charge is 0.397 e. The van der Waals surface area contributed by atoms with Gasteiger partial charge in [0.2, 0.25) is 0 Å². The van der Waals surface area contributed by atoms with Crippen LogP contribution in [0.5, 0.6) is 0 Å². The maximum atomic E-state index is 12.1. The summed E-state index contributed by atoms with van der Waals surface area (Å²) in [5, 5.41) is 0. The molecule has 5 nitrogen and oxygen atoms in total. The Bertz CT molecular complexity index is 454. The van der Waals surface area contributed by atoms with Crippen molar-refractivity contribution < 1.29 is 9.53 Å². The molecule has 1 aromatic heterocycles. The quantitative estimate of drug-likeness (QED) is 0.812. The SMILES string of the molecule is COCC1=CCN(C(=O)c2ccc(N)cn2)CC1. The van der Waals surface area contributed by atoms with Crippen LogP contribution in [0.3, 0.4) is 0 Å². The van der Waals surface area contributed by atoms with E-state index in [-0.39, 0.29) is 5.91 Å². The van der Waals surface area contributed by atoms with Crippen molar-refractivity contribution in [3.05, 3.63) is 35.7 Å². The molecule has 0 atom stereocenters. The fourth-order valence-electron chi connectivity index (χ4n) is 1.91. The van der Waals surface area contributed by atoms with Crippen LogP contribution >= 0.6 is 0 Å². The van der Waals surface area contributed by atoms with E-state index in [9.17, 15) is 4.79 Å². The molecule has 1 aliphatic heterocycles. The Kier molecular flexibility index (Phi) is 3.94. The molecule has 0 bridgehead atoms. The molecule has 2 heterocycles. The zero-order valence-corrected chi connectivity index (χ0v) is 10.4. The molecule has 1 amide bonds. The van der Waals surface area contributed by atoms with Crippen LogP contribution in [0.15, 0.2) is 30.0 Å². The first-order chi connectivity index (χ1) is 8.70. The maximum absolute atomic E-state index is 12.1. The van der Waals surface area contributed by atoms with Gasteiger partial charge < -0.3 is 15.4 Å². The highest BCUT2D eigenvalue weighted by atomic mass is 16.5. The fourth-order valence-corrected chi connectivity index (χ4v) is 1.91. The second-order valence-electron chi connectivity index (χ2n) is 4.27. The Morgan fingerprint density at radius 1 is 1.56 bits per heavy atom. The molecule has 0 fully saturated rings. The highest BCUT2D eigenvalue weighted by Gasteiger charge is 2.19. The van der Waals surface area contributed by atoms with Gasteiger partial charge in [-0.15, -0.1) is 0 Å². The number of methoxy groups -OCH3 is 1. The molecule has 0 saturated heterocycles. The van der Waals surface area contributed by atoms with E-state index < -0.39 is 0 Å². The van der Waals surface area contributed by atoms with Crippen LogP contribution in [-0.4, -0.2) is 42.6 Å². The fraction of sp³-hybridized carbons (Fsp3) is 0.385. The van der Waals surface area contributed by atoms with Crippen molar-refractivity contribution in [1.82, 2.24) is 9.88 Å². The molecule has 1 aliphatic rings. The lowest BCUT2D eigenvalue weighted by molar-refractivity contribution is 0.0759. The van der Waals surface area contributed by atoms with Crippen LogP contribution in [-0.2, 0) is 4.74 Å². The number of nitrogens with zero attached hydrogens (tertiary/aromatic N) is 2. The lowest BCUT2D eigenvalue weighted by Gasteiger charge is -2.26. The molecular formula is C13H17N3O2. The summed E-state index contributed by atoms with van der Waals surface area (Å²) in [7, 11) is 1.68. The van der Waals surface area contributed by atoms with Gasteiger partial charge in [-0.1, -0.05) is 6.08 Å². The van der Waals surface area contributed by atoms with Crippen molar-refractivity contribution in [2.45, 2.75) is 6.42 Å². The van der Waals surface area contributed by atoms with Crippen molar-refractivity contribution in [1.29, 1.82) is 0 Å². The van der Waals surface area contributed by atoms with Gasteiger partial charge in [0, 0.05) is 20.2 Å². The monoisotopic (exact) mass is 247 g/mol. The highest BCUT2D eigenvalue weighted by Crippen LogP contribution is 2.13. The molecular weight excluding hydrogens is 230 g/mol. The Morgan fingerprint density at radius 2 is 2.39 bits per heavy atom. The third-order valence-corrected chi connectivity index (χ3v) is 2.93. The number of carbonyl (C=O) groups is 1. The van der Waals surface area contributed by atoms with Crippen molar-refractivity contribution >= 4 is 11.6 Å². The summed E-state index contributed by atoms with van der Waals surface area (Å²) in [6, 6.07) is 3.35. The van der Waals surface area contributed by atoms with Crippen LogP contribution in [0.4, 0.5) is 5.69 Å². The van der Waals surface area contributed by atoms with Gasteiger partial charge in [0.25, 0.3) is 5.91 Å². The zero-order chi connectivity index (χ0) is 13.0. The molecule has 0 aliphatic carbocycles. The summed E-state index contributed by atoms with van der Waals surface area (Å²) in [5.41, 5.74) is 7.79. The number of anilines is 1. The van der Waals surface area contributed by atoms with E-state index in [2.05, 4.69) is 4.98 Å². The van der Waals surface area contributed by atoms with Gasteiger partial charge in [0.05, 0.1) is 18.5 Å². The number of ether oxygens (including phenoxy) is 1. The number of nitrogen functional groups attached to an aromatic ring is 1. The lowest BCUT2D eigenvalue weighted by Crippen LogP contribution is -2.35. The predicted octanol–water partition coefficient (Wildman–Crippen LogP) is 1.08. The molecule has 96 valence electrons. The van der Waals surface area contributed by atoms with Crippen LogP contribution < -0.4 is 5.73 Å². The number of hydrogen-bond acceptors (Lipinski definition) is 4. The number of amides is 1. The highest BCUT2D eigenvalue weighted by molar-refractivity contribution is 5.92. The van der Waals surface area contributed by atoms with Gasteiger partial charge >= 0.3 is 0 Å². The first-order valence-electron chi connectivity index (χ1n) is 5.88. The summed E-state index contributed by atoms with van der Waals surface area (Å²) >= 11 is 0. The minimum atomic E-state index is -0.0530. The van der Waals surface area contributed by atoms with Gasteiger partial charge in [0.1, 0.15) is 5.69 Å². The van der Waals surface area contributed by atoms with Gasteiger partial charge in [-0.25, -0.2) is 4.98 Å². The number of carbonyl (C=O) groups excluding carboxylic acids is 1. The predicted molar refractivity (Wildman–Crippen MR) is 69.1 cm³/mol. The molecule has 1 aromatic rings. The average molecular weight is 247 g/mol. The van der Waals surface area contributed by atoms with Crippen molar-refractivity contribution in [2.75, 3.05) is 32.5 Å². The summed E-state index contributed by atoms with van der Waals surface area (Å²) in [6.45, 7) is 1.96. The molecule has 18 heavy (non-hydrogen) atoms. The molecule has 0 radical (unpaired) electrons. The zero-order valence-electron chi connectivity index (χ0n) is 10.4. The average Bonchev–Trinajstić information content (AvgIpc) is 2.40. The van der Waals surface area contributed by atoms with E-state index in [4.69, 9.17) is 10.5 Å². The number of nitrogens with two attached hydrogens (primary N) is 1. The molecule has 2 N–H and O–H groups in total. The van der Waals surface area contributed by atoms with Crippen molar-refractivity contribution in [3.63, 3.8) is 0 Å². The first-order valence-corrected chi connectivity index (χ1v) is 5.88. The van der Waals surface area contributed by atoms with Crippen LogP contribution in [0.2, 0.25) is 0 Å². The summed E-state index contributed by atoms with van der Waals surface area (Å²) < 4.78 is 5.08. The van der Waals surface area contributed by atoms with E-state index in [0.717, 1.165) is 6.42 Å². The molecule has 0 spiro atoms. The molecule has 0 unspecified atom stereocenters. The number of pyridine rings is 1. The third-order valence-electron chi connectivity index (χ3n) is 2.93. The van der Waals surface area contributed by atoms with Crippen LogP contribution in [0, 0.1) is 0 Å². The maximum Gasteiger partial charge on any atom is 0.272 e. The van der Waals surface area contributed by atoms with Crippen LogP contribution in [0.1, 0.15) is 16.9 Å². The van der Waals surface area contributed by atoms with Gasteiger partial charge in [-0.3, -0.25) is 4.79 Å². The summed E-state index contributed by atoms with van der Waals surface area (Å²) in [5.74, 6) is -0.0530. The molecule has 0 saturated carbocycles. The minimum Gasteiger partial charge on any atom is -0.397 e. The standard InChI is InChI=1S/C13H17N3O2/c1-18-9-10-4-6-16(7-5-10)13(17)12-3-2-11(14)8-15-12/h2-4,8H,5-7,9,14H2,1H3. The van der Waals surface area contributed by atoms with E-state index in [1.165, 1.54) is 11.8 Å². The van der Waals surface area contributed by atoms with Crippen molar-refractivity contribution in [3.8, 4) is 0 Å². The lowest BCUT2D eigenvalue weighted by atomic mass is 10.1. The Hall–Kier alpha value is -1.88. The number of rotatable bonds is 3. The Morgan fingerprint density at radius 3 is 2.94 bits per heavy atom. The number of hydrogen-bond donors (Lipinski definition) is 1. The van der Waals surface area contributed by atoms with E-state index in [1.54, 1.807) is 24.1 Å². The second-order valence-corrected chi connectivity index (χ2v) is 4.27. The molecule has 2 rings (SSSR count). The molecule has 5 heteroatoms. The van der Waals surface area contributed by atoms with E-state index in [0.29, 0.717) is 31.1 Å². The van der Waals surface area contributed by atoms with Crippen LogP contribution in [0.25, 0.3) is 0 Å². The number of aromatic nitrogens is 1. The topological polar surface area (TPSA) is 68.5 Å². The van der Waals surface area contributed by atoms with Crippen molar-refractivity contribution in [2.24, 2.45) is 0 Å². The van der Waals surface area contributed by atoms with E-state index >= 15 is 0 Å². The van der Waals surface area contributed by atoms with Gasteiger partial charge in [0.15, 0.2) is 0 Å². The minimum absolute atomic E-state index is 0.0530. The van der Waals surface area contributed by atoms with Gasteiger partial charge in [-0.2, -0.15) is 0 Å². The van der Waals surface area contributed by atoms with E-state index in [1.807, 2.05) is 6.08 Å². The Labute approximate surface area is 106 Å². The first kappa shape index (κ1) is 12.6. The Balaban J connectivity index is 2.01. The normalized spacial score (nSPS) is 15.4.